The Balaban J connectivity index is 1.53. The molecule has 1 aromatic heterocycles. The first-order valence-electron chi connectivity index (χ1n) is 8.35. The molecule has 0 aromatic carbocycles. The van der Waals surface area contributed by atoms with Gasteiger partial charge in [0, 0.05) is 18.3 Å². The van der Waals surface area contributed by atoms with E-state index in [2.05, 4.69) is 10.3 Å². The van der Waals surface area contributed by atoms with E-state index in [-0.39, 0.29) is 18.6 Å². The van der Waals surface area contributed by atoms with Gasteiger partial charge in [0.2, 0.25) is 0 Å². The number of aromatic nitrogens is 1. The van der Waals surface area contributed by atoms with Crippen LogP contribution in [-0.2, 0) is 4.74 Å². The van der Waals surface area contributed by atoms with Crippen LogP contribution >= 0.6 is 11.3 Å². The molecule has 2 heterocycles. The molecule has 3 atom stereocenters. The Morgan fingerprint density at radius 2 is 2.17 bits per heavy atom. The van der Waals surface area contributed by atoms with Gasteiger partial charge in [-0.1, -0.05) is 19.3 Å². The largest absolute Gasteiger partial charge is 0.394 e. The van der Waals surface area contributed by atoms with Crippen molar-refractivity contribution in [1.82, 2.24) is 10.3 Å². The summed E-state index contributed by atoms with van der Waals surface area (Å²) in [4.78, 5) is 16.6. The van der Waals surface area contributed by atoms with Crippen LogP contribution in [0, 0.1) is 5.92 Å². The molecule has 2 aliphatic rings. The van der Waals surface area contributed by atoms with Gasteiger partial charge in [-0.05, 0) is 18.8 Å². The van der Waals surface area contributed by atoms with E-state index in [4.69, 9.17) is 9.84 Å². The summed E-state index contributed by atoms with van der Waals surface area (Å²) in [5.41, 5.74) is 0.409. The van der Waals surface area contributed by atoms with Gasteiger partial charge in [0.1, 0.15) is 22.9 Å². The zero-order valence-electron chi connectivity index (χ0n) is 13.1. The van der Waals surface area contributed by atoms with Crippen LogP contribution < -0.4 is 5.32 Å². The van der Waals surface area contributed by atoms with E-state index in [1.54, 1.807) is 5.38 Å². The molecule has 3 rings (SSSR count). The van der Waals surface area contributed by atoms with Crippen molar-refractivity contribution in [2.45, 2.75) is 56.8 Å². The fourth-order valence-corrected chi connectivity index (χ4v) is 4.16. The Labute approximate surface area is 139 Å². The minimum Gasteiger partial charge on any atom is -0.394 e. The topological polar surface area (TPSA) is 91.7 Å². The highest BCUT2D eigenvalue weighted by molar-refractivity contribution is 7.09. The SMILES string of the molecule is O=C(NCC1CCCCC1)c1csc([C@@H]2C[C@H](O)[C@@H](CO)O2)n1. The third-order valence-electron chi connectivity index (χ3n) is 4.71. The monoisotopic (exact) mass is 340 g/mol. The number of amides is 1. The van der Waals surface area contributed by atoms with E-state index in [0.717, 1.165) is 6.54 Å². The van der Waals surface area contributed by atoms with Gasteiger partial charge < -0.3 is 20.3 Å². The van der Waals surface area contributed by atoms with E-state index in [9.17, 15) is 9.90 Å². The van der Waals surface area contributed by atoms with Gasteiger partial charge in [0.05, 0.1) is 12.7 Å². The lowest BCUT2D eigenvalue weighted by atomic mass is 9.89. The second-order valence-corrected chi connectivity index (χ2v) is 7.32. The Morgan fingerprint density at radius 3 is 2.87 bits per heavy atom. The molecule has 128 valence electrons. The zero-order chi connectivity index (χ0) is 16.2. The predicted molar refractivity (Wildman–Crippen MR) is 86.3 cm³/mol. The van der Waals surface area contributed by atoms with Crippen LogP contribution in [0.25, 0.3) is 0 Å². The molecule has 0 radical (unpaired) electrons. The van der Waals surface area contributed by atoms with E-state index in [1.165, 1.54) is 43.4 Å². The summed E-state index contributed by atoms with van der Waals surface area (Å²) in [6, 6.07) is 0. The fourth-order valence-electron chi connectivity index (χ4n) is 3.31. The molecule has 3 N–H and O–H groups in total. The minimum absolute atomic E-state index is 0.143. The van der Waals surface area contributed by atoms with E-state index in [1.807, 2.05) is 0 Å². The third kappa shape index (κ3) is 4.09. The molecular weight excluding hydrogens is 316 g/mol. The van der Waals surface area contributed by atoms with Crippen LogP contribution in [0.2, 0.25) is 0 Å². The lowest BCUT2D eigenvalue weighted by Gasteiger charge is -2.21. The standard InChI is InChI=1S/C16H24N2O4S/c19-8-14-12(20)6-13(22-14)16-18-11(9-23-16)15(21)17-7-10-4-2-1-3-5-10/h9-10,12-14,19-20H,1-8H2,(H,17,21)/t12-,13-,14+/m0/s1. The summed E-state index contributed by atoms with van der Waals surface area (Å²) in [5.74, 6) is 0.444. The lowest BCUT2D eigenvalue weighted by Crippen LogP contribution is -2.30. The molecule has 7 heteroatoms. The molecule has 23 heavy (non-hydrogen) atoms. The number of nitrogens with zero attached hydrogens (tertiary/aromatic N) is 1. The van der Waals surface area contributed by atoms with Crippen LogP contribution in [-0.4, -0.2) is 46.5 Å². The maximum Gasteiger partial charge on any atom is 0.270 e. The van der Waals surface area contributed by atoms with Gasteiger partial charge in [0.15, 0.2) is 0 Å². The molecule has 0 unspecified atom stereocenters. The summed E-state index contributed by atoms with van der Waals surface area (Å²) in [5, 5.41) is 24.3. The second kappa shape index (κ2) is 7.70. The quantitative estimate of drug-likeness (QED) is 0.758. The molecule has 1 saturated carbocycles. The van der Waals surface area contributed by atoms with Crippen molar-refractivity contribution in [2.24, 2.45) is 5.92 Å². The number of thiazole rings is 1. The van der Waals surface area contributed by atoms with Crippen molar-refractivity contribution in [3.8, 4) is 0 Å². The van der Waals surface area contributed by atoms with E-state index >= 15 is 0 Å². The number of rotatable bonds is 5. The van der Waals surface area contributed by atoms with E-state index < -0.39 is 12.2 Å². The van der Waals surface area contributed by atoms with Crippen molar-refractivity contribution >= 4 is 17.2 Å². The number of carbonyl (C=O) groups is 1. The number of ether oxygens (including phenoxy) is 1. The zero-order valence-corrected chi connectivity index (χ0v) is 13.9. The van der Waals surface area contributed by atoms with Crippen molar-refractivity contribution < 1.29 is 19.7 Å². The average molecular weight is 340 g/mol. The van der Waals surface area contributed by atoms with Crippen molar-refractivity contribution in [1.29, 1.82) is 0 Å². The molecule has 1 amide bonds. The smallest absolute Gasteiger partial charge is 0.270 e. The number of aliphatic hydroxyl groups is 2. The van der Waals surface area contributed by atoms with Crippen LogP contribution in [0.15, 0.2) is 5.38 Å². The van der Waals surface area contributed by atoms with Crippen LogP contribution in [0.5, 0.6) is 0 Å². The molecule has 1 aliphatic heterocycles. The molecule has 1 aliphatic carbocycles. The second-order valence-electron chi connectivity index (χ2n) is 6.43. The number of carbonyl (C=O) groups excluding carboxylic acids is 1. The minimum atomic E-state index is -0.683. The van der Waals surface area contributed by atoms with Gasteiger partial charge in [-0.25, -0.2) is 4.98 Å². The van der Waals surface area contributed by atoms with E-state index in [0.29, 0.717) is 23.0 Å². The van der Waals surface area contributed by atoms with Crippen molar-refractivity contribution in [3.63, 3.8) is 0 Å². The van der Waals surface area contributed by atoms with Gasteiger partial charge in [0.25, 0.3) is 5.91 Å². The van der Waals surface area contributed by atoms with Crippen molar-refractivity contribution in [2.75, 3.05) is 13.2 Å². The first kappa shape index (κ1) is 16.8. The molecule has 0 spiro atoms. The first-order chi connectivity index (χ1) is 11.2. The highest BCUT2D eigenvalue weighted by Crippen LogP contribution is 2.34. The summed E-state index contributed by atoms with van der Waals surface area (Å²) >= 11 is 1.36. The number of hydrogen-bond acceptors (Lipinski definition) is 6. The maximum atomic E-state index is 12.2. The molecule has 1 aromatic rings. The van der Waals surface area contributed by atoms with Crippen molar-refractivity contribution in [3.05, 3.63) is 16.1 Å². The molecule has 1 saturated heterocycles. The Bertz CT molecular complexity index is 530. The maximum absolute atomic E-state index is 12.2. The number of nitrogens with one attached hydrogen (secondary N) is 1. The molecular formula is C16H24N2O4S. The van der Waals surface area contributed by atoms with Gasteiger partial charge in [-0.2, -0.15) is 0 Å². The lowest BCUT2D eigenvalue weighted by molar-refractivity contribution is -0.0226. The summed E-state index contributed by atoms with van der Waals surface area (Å²) < 4.78 is 5.57. The first-order valence-corrected chi connectivity index (χ1v) is 9.23. The number of hydrogen-bond donors (Lipinski definition) is 3. The van der Waals surface area contributed by atoms with Crippen LogP contribution in [0.4, 0.5) is 0 Å². The molecule has 2 fully saturated rings. The average Bonchev–Trinajstić information content (AvgIpc) is 3.20. The molecule has 0 bridgehead atoms. The molecule has 6 nitrogen and oxygen atoms in total. The Morgan fingerprint density at radius 1 is 1.39 bits per heavy atom. The third-order valence-corrected chi connectivity index (χ3v) is 5.65. The fraction of sp³-hybridized carbons (Fsp3) is 0.750. The predicted octanol–water partition coefficient (Wildman–Crippen LogP) is 1.64. The van der Waals surface area contributed by atoms with Gasteiger partial charge in [-0.3, -0.25) is 4.79 Å². The van der Waals surface area contributed by atoms with Gasteiger partial charge >= 0.3 is 0 Å². The Kier molecular flexibility index (Phi) is 5.63. The normalized spacial score (nSPS) is 28.9. The number of aliphatic hydroxyl groups excluding tert-OH is 2. The highest BCUT2D eigenvalue weighted by atomic mass is 32.1. The summed E-state index contributed by atoms with van der Waals surface area (Å²) in [6.45, 7) is 0.509. The highest BCUT2D eigenvalue weighted by Gasteiger charge is 2.36. The summed E-state index contributed by atoms with van der Waals surface area (Å²) in [7, 11) is 0. The van der Waals surface area contributed by atoms with Gasteiger partial charge in [-0.15, -0.1) is 11.3 Å². The Hall–Kier alpha value is -1.02. The summed E-state index contributed by atoms with van der Waals surface area (Å²) in [6.07, 6.45) is 5.03. The van der Waals surface area contributed by atoms with Crippen LogP contribution in [0.3, 0.4) is 0 Å². The van der Waals surface area contributed by atoms with Crippen LogP contribution in [0.1, 0.15) is 60.1 Å².